The predicted molar refractivity (Wildman–Crippen MR) is 286 cm³/mol. The summed E-state index contributed by atoms with van der Waals surface area (Å²) in [5.74, 6) is 0. The zero-order chi connectivity index (χ0) is 45.3. The molecule has 5 heteroatoms. The van der Waals surface area contributed by atoms with E-state index in [9.17, 15) is 0 Å². The molecule has 1 aliphatic heterocycles. The molecule has 10 aromatic rings. The maximum Gasteiger partial charge on any atom is 0.211 e. The lowest BCUT2D eigenvalue weighted by molar-refractivity contribution is 0.590. The molecular weight excluding hydrogens is 820 g/mol. The first-order valence-corrected chi connectivity index (χ1v) is 24.2. The van der Waals surface area contributed by atoms with Gasteiger partial charge in [0.2, 0.25) is 7.28 Å². The minimum atomic E-state index is -0.278. The lowest BCUT2D eigenvalue weighted by Crippen LogP contribution is -2.40. The fourth-order valence-electron chi connectivity index (χ4n) is 10.9. The van der Waals surface area contributed by atoms with E-state index in [0.717, 1.165) is 40.6 Å². The molecule has 2 aliphatic rings. The number of benzene rings is 8. The molecule has 12 rings (SSSR count). The van der Waals surface area contributed by atoms with Crippen molar-refractivity contribution in [1.29, 1.82) is 0 Å². The van der Waals surface area contributed by atoms with Crippen LogP contribution in [0.2, 0.25) is 0 Å². The van der Waals surface area contributed by atoms with Gasteiger partial charge in [-0.25, -0.2) is 0 Å². The van der Waals surface area contributed by atoms with Crippen LogP contribution < -0.4 is 20.5 Å². The van der Waals surface area contributed by atoms with Crippen LogP contribution >= 0.6 is 11.3 Å². The van der Waals surface area contributed by atoms with Crippen molar-refractivity contribution < 1.29 is 4.42 Å². The highest BCUT2D eigenvalue weighted by atomic mass is 32.1. The van der Waals surface area contributed by atoms with Gasteiger partial charge in [-0.3, -0.25) is 0 Å². The van der Waals surface area contributed by atoms with Gasteiger partial charge in [-0.15, -0.1) is 11.3 Å². The molecule has 322 valence electrons. The molecule has 0 unspecified atom stereocenters. The maximum atomic E-state index is 6.67. The number of nitrogens with one attached hydrogen (secondary N) is 1. The number of furan rings is 1. The van der Waals surface area contributed by atoms with Gasteiger partial charge in [0.1, 0.15) is 11.2 Å². The van der Waals surface area contributed by atoms with Crippen molar-refractivity contribution in [2.24, 2.45) is 0 Å². The van der Waals surface area contributed by atoms with E-state index in [0.29, 0.717) is 0 Å². The predicted octanol–water partition coefficient (Wildman–Crippen LogP) is 16.0. The fourth-order valence-corrected chi connectivity index (χ4v) is 12.1. The zero-order valence-corrected chi connectivity index (χ0v) is 39.9. The smallest absolute Gasteiger partial charge is 0.211 e. The Balaban J connectivity index is 1.18. The van der Waals surface area contributed by atoms with Gasteiger partial charge in [0.25, 0.3) is 0 Å². The Morgan fingerprint density at radius 1 is 0.576 bits per heavy atom. The van der Waals surface area contributed by atoms with Gasteiger partial charge in [-0.1, -0.05) is 159 Å². The molecule has 2 aromatic heterocycles. The fraction of sp³-hybridized carbons (Fsp3) is 0.180. The molecule has 0 saturated carbocycles. The standard InChI is InChI=1S/C61H53BN2OS/c1-59(2,3)38-23-27-40(28-24-38)63-49-35-52-44(43-19-13-15-21-51(43)65-52)33-46(49)54-55-45(42-18-12-14-20-48(42)61(55,7)8)34-50-56(54)62-58-57(64(50)41-29-25-39(26-30-41)60(4,5)6)47-32-37(22-31-53(47)66-58)36-16-10-9-11-17-36/h9-35,62-63H,1-8H3. The SMILES string of the molecule is CC(C)(C)c1ccc(Nc2cc3oc4ccccc4c3cc2-c2c3c(cc4c2C(C)(C)c2ccccc2-4)N(c2ccc(C(C)(C)C)cc2)c2c(sc4ccc(-c5ccccc5)cc24)B3)cc1. The summed E-state index contributed by atoms with van der Waals surface area (Å²) in [7, 11) is 0.806. The first-order chi connectivity index (χ1) is 31.7. The second kappa shape index (κ2) is 14.6. The minimum absolute atomic E-state index is 0.0266. The largest absolute Gasteiger partial charge is 0.456 e. The van der Waals surface area contributed by atoms with Crippen molar-refractivity contribution in [3.8, 4) is 33.4 Å². The first kappa shape index (κ1) is 40.7. The molecule has 3 nitrogen and oxygen atoms in total. The monoisotopic (exact) mass is 872 g/mol. The molecule has 0 spiro atoms. The van der Waals surface area contributed by atoms with Gasteiger partial charge in [0.05, 0.1) is 11.4 Å². The molecule has 1 N–H and O–H groups in total. The van der Waals surface area contributed by atoms with Crippen LogP contribution in [-0.2, 0) is 16.2 Å². The van der Waals surface area contributed by atoms with E-state index in [1.165, 1.54) is 93.0 Å². The van der Waals surface area contributed by atoms with Gasteiger partial charge in [-0.05, 0) is 126 Å². The molecular formula is C61H53BN2OS. The summed E-state index contributed by atoms with van der Waals surface area (Å²) in [5.41, 5.74) is 21.6. The van der Waals surface area contributed by atoms with E-state index in [2.05, 4.69) is 229 Å². The number of rotatable bonds is 5. The van der Waals surface area contributed by atoms with Crippen molar-refractivity contribution in [3.63, 3.8) is 0 Å². The minimum Gasteiger partial charge on any atom is -0.456 e. The number of hydrogen-bond acceptors (Lipinski definition) is 4. The van der Waals surface area contributed by atoms with Gasteiger partial charge < -0.3 is 14.6 Å². The topological polar surface area (TPSA) is 28.4 Å². The third-order valence-electron chi connectivity index (χ3n) is 14.4. The van der Waals surface area contributed by atoms with Gasteiger partial charge in [0, 0.05) is 55.0 Å². The summed E-state index contributed by atoms with van der Waals surface area (Å²) in [6.45, 7) is 18.6. The van der Waals surface area contributed by atoms with Crippen molar-refractivity contribution in [2.45, 2.75) is 71.6 Å². The quantitative estimate of drug-likeness (QED) is 0.175. The number of anilines is 5. The average molecular weight is 873 g/mol. The number of nitrogens with zero attached hydrogens (tertiary/aromatic N) is 1. The first-order valence-electron chi connectivity index (χ1n) is 23.4. The third-order valence-corrected chi connectivity index (χ3v) is 15.5. The van der Waals surface area contributed by atoms with Crippen LogP contribution in [0.3, 0.4) is 0 Å². The molecule has 66 heavy (non-hydrogen) atoms. The Bertz CT molecular complexity index is 3560. The zero-order valence-electron chi connectivity index (χ0n) is 39.1. The van der Waals surface area contributed by atoms with Crippen molar-refractivity contribution >= 4 is 89.3 Å². The van der Waals surface area contributed by atoms with E-state index in [1.54, 1.807) is 0 Å². The molecule has 1 aliphatic carbocycles. The Morgan fingerprint density at radius 2 is 1.26 bits per heavy atom. The summed E-state index contributed by atoms with van der Waals surface area (Å²) in [5, 5.41) is 7.52. The Morgan fingerprint density at radius 3 is 2.00 bits per heavy atom. The van der Waals surface area contributed by atoms with Crippen molar-refractivity contribution in [3.05, 3.63) is 186 Å². The Hall–Kier alpha value is -6.82. The second-order valence-corrected chi connectivity index (χ2v) is 22.2. The van der Waals surface area contributed by atoms with Crippen LogP contribution in [0.5, 0.6) is 0 Å². The van der Waals surface area contributed by atoms with E-state index in [4.69, 9.17) is 4.42 Å². The van der Waals surface area contributed by atoms with E-state index in [1.807, 2.05) is 11.3 Å². The molecule has 3 heterocycles. The number of hydrogen-bond donors (Lipinski definition) is 1. The lowest BCUT2D eigenvalue weighted by atomic mass is 9.60. The summed E-state index contributed by atoms with van der Waals surface area (Å²) >= 11 is 1.94. The van der Waals surface area contributed by atoms with Gasteiger partial charge >= 0.3 is 0 Å². The van der Waals surface area contributed by atoms with Crippen LogP contribution in [0.4, 0.5) is 28.4 Å². The molecule has 0 radical (unpaired) electrons. The normalized spacial score (nSPS) is 14.0. The summed E-state index contributed by atoms with van der Waals surface area (Å²) in [4.78, 5) is 2.61. The molecule has 0 fully saturated rings. The van der Waals surface area contributed by atoms with Crippen LogP contribution in [0.25, 0.3) is 65.4 Å². The van der Waals surface area contributed by atoms with E-state index < -0.39 is 0 Å². The second-order valence-electron chi connectivity index (χ2n) is 21.0. The lowest BCUT2D eigenvalue weighted by Gasteiger charge is -2.36. The third kappa shape index (κ3) is 6.38. The summed E-state index contributed by atoms with van der Waals surface area (Å²) in [6.07, 6.45) is 0. The molecule has 0 atom stereocenters. The van der Waals surface area contributed by atoms with Crippen LogP contribution in [0.1, 0.15) is 77.6 Å². The van der Waals surface area contributed by atoms with Crippen LogP contribution in [0, 0.1) is 0 Å². The Kier molecular flexibility index (Phi) is 8.99. The van der Waals surface area contributed by atoms with Crippen molar-refractivity contribution in [1.82, 2.24) is 0 Å². The van der Waals surface area contributed by atoms with Gasteiger partial charge in [0.15, 0.2) is 0 Å². The number of para-hydroxylation sites is 1. The molecule has 0 amide bonds. The Labute approximate surface area is 393 Å². The molecule has 0 bridgehead atoms. The van der Waals surface area contributed by atoms with Crippen LogP contribution in [-0.4, -0.2) is 7.28 Å². The van der Waals surface area contributed by atoms with Crippen molar-refractivity contribution in [2.75, 3.05) is 10.2 Å². The van der Waals surface area contributed by atoms with Gasteiger partial charge in [-0.2, -0.15) is 0 Å². The summed E-state index contributed by atoms with van der Waals surface area (Å²) in [6, 6.07) is 61.0. The number of fused-ring (bicyclic) bond motifs is 10. The maximum absolute atomic E-state index is 6.67. The highest BCUT2D eigenvalue weighted by molar-refractivity contribution is 7.29. The van der Waals surface area contributed by atoms with E-state index >= 15 is 0 Å². The summed E-state index contributed by atoms with van der Waals surface area (Å²) < 4.78 is 9.34. The van der Waals surface area contributed by atoms with E-state index in [-0.39, 0.29) is 16.2 Å². The molecule has 0 saturated heterocycles. The molecule has 8 aromatic carbocycles. The highest BCUT2D eigenvalue weighted by Gasteiger charge is 2.42. The number of thiophene rings is 1. The van der Waals surface area contributed by atoms with Crippen LogP contribution in [0.15, 0.2) is 168 Å². The average Bonchev–Trinajstić information content (AvgIpc) is 3.93. The highest BCUT2D eigenvalue weighted by Crippen LogP contribution is 2.56.